The smallest absolute Gasteiger partial charge is 0.381 e. The Morgan fingerprint density at radius 3 is 2.35 bits per heavy atom. The Morgan fingerprint density at radius 1 is 1.13 bits per heavy atom. The molecule has 2 N–H and O–H groups in total. The highest BCUT2D eigenvalue weighted by molar-refractivity contribution is 9.10. The van der Waals surface area contributed by atoms with Crippen LogP contribution in [0.25, 0.3) is 0 Å². The van der Waals surface area contributed by atoms with Crippen LogP contribution in [0.5, 0.6) is 0 Å². The zero-order chi connectivity index (χ0) is 16.5. The summed E-state index contributed by atoms with van der Waals surface area (Å²) in [5, 5.41) is 13.6. The van der Waals surface area contributed by atoms with Gasteiger partial charge in [-0.1, -0.05) is 15.9 Å². The number of anilines is 1. The zero-order valence-electron chi connectivity index (χ0n) is 12.6. The number of aliphatic hydroxyl groups is 1. The average Bonchev–Trinajstić information content (AvgIpc) is 3.27. The Balaban J connectivity index is 1.70. The van der Waals surface area contributed by atoms with Gasteiger partial charge in [-0.2, -0.15) is 13.2 Å². The minimum absolute atomic E-state index is 0.199. The van der Waals surface area contributed by atoms with Gasteiger partial charge < -0.3 is 10.4 Å². The molecule has 1 unspecified atom stereocenters. The molecule has 3 aliphatic rings. The van der Waals surface area contributed by atoms with E-state index in [0.29, 0.717) is 18.8 Å². The molecule has 0 amide bonds. The lowest BCUT2D eigenvalue weighted by Crippen LogP contribution is -2.53. The van der Waals surface area contributed by atoms with E-state index < -0.39 is 11.8 Å². The predicted octanol–water partition coefficient (Wildman–Crippen LogP) is 4.76. The molecule has 0 saturated heterocycles. The van der Waals surface area contributed by atoms with Gasteiger partial charge in [-0.25, -0.2) is 0 Å². The fourth-order valence-corrected chi connectivity index (χ4v) is 4.86. The van der Waals surface area contributed by atoms with Crippen molar-refractivity contribution in [3.8, 4) is 0 Å². The van der Waals surface area contributed by atoms with Crippen molar-refractivity contribution in [2.45, 2.75) is 61.8 Å². The second kappa shape index (κ2) is 4.88. The number of benzene rings is 1. The molecular weight excluding hydrogens is 371 g/mol. The molecule has 1 atom stereocenters. The zero-order valence-corrected chi connectivity index (χ0v) is 14.2. The molecule has 1 heterocycles. The Hall–Kier alpha value is -0.750. The quantitative estimate of drug-likeness (QED) is 0.725. The van der Waals surface area contributed by atoms with Gasteiger partial charge in [-0.15, -0.1) is 0 Å². The molecule has 1 aromatic carbocycles. The van der Waals surface area contributed by atoms with E-state index in [2.05, 4.69) is 21.2 Å². The van der Waals surface area contributed by atoms with Crippen molar-refractivity contribution in [3.05, 3.63) is 28.2 Å². The first-order valence-electron chi connectivity index (χ1n) is 8.11. The van der Waals surface area contributed by atoms with Gasteiger partial charge in [0.15, 0.2) is 5.60 Å². The summed E-state index contributed by atoms with van der Waals surface area (Å²) in [6, 6.07) is 6.21. The van der Waals surface area contributed by atoms with Crippen LogP contribution >= 0.6 is 15.9 Å². The monoisotopic (exact) mass is 389 g/mol. The number of hydrogen-bond donors (Lipinski definition) is 2. The maximum absolute atomic E-state index is 13.2. The van der Waals surface area contributed by atoms with Gasteiger partial charge in [0.1, 0.15) is 0 Å². The van der Waals surface area contributed by atoms with Crippen molar-refractivity contribution in [3.63, 3.8) is 0 Å². The highest BCUT2D eigenvalue weighted by Gasteiger charge is 2.61. The molecule has 2 aliphatic carbocycles. The van der Waals surface area contributed by atoms with E-state index in [1.54, 1.807) is 0 Å². The third kappa shape index (κ3) is 2.32. The van der Waals surface area contributed by atoms with E-state index in [0.717, 1.165) is 28.6 Å². The normalized spacial score (nSPS) is 36.8. The summed E-state index contributed by atoms with van der Waals surface area (Å²) in [6.45, 7) is 0. The van der Waals surface area contributed by atoms with Gasteiger partial charge in [0.05, 0.1) is 0 Å². The molecule has 2 nitrogen and oxygen atoms in total. The summed E-state index contributed by atoms with van der Waals surface area (Å²) >= 11 is 3.48. The Kier molecular flexibility index (Phi) is 3.34. The SMILES string of the molecule is OC1(C(F)(F)F)CCC2(CC1)c1cc(Br)ccc1NC2C1CC1. The van der Waals surface area contributed by atoms with E-state index in [-0.39, 0.29) is 24.3 Å². The van der Waals surface area contributed by atoms with Gasteiger partial charge in [0.25, 0.3) is 0 Å². The fourth-order valence-electron chi connectivity index (χ4n) is 4.50. The first kappa shape index (κ1) is 15.8. The van der Waals surface area contributed by atoms with Crippen molar-refractivity contribution >= 4 is 21.6 Å². The second-order valence-corrected chi connectivity index (χ2v) is 8.25. The number of rotatable bonds is 1. The molecule has 0 radical (unpaired) electrons. The summed E-state index contributed by atoms with van der Waals surface area (Å²) in [6.07, 6.45) is -1.95. The van der Waals surface area contributed by atoms with Gasteiger partial charge in [0.2, 0.25) is 0 Å². The van der Waals surface area contributed by atoms with E-state index in [1.807, 2.05) is 18.2 Å². The van der Waals surface area contributed by atoms with Gasteiger partial charge >= 0.3 is 6.18 Å². The lowest BCUT2D eigenvalue weighted by atomic mass is 9.62. The molecule has 1 aromatic rings. The van der Waals surface area contributed by atoms with E-state index >= 15 is 0 Å². The summed E-state index contributed by atoms with van der Waals surface area (Å²) in [7, 11) is 0. The molecule has 23 heavy (non-hydrogen) atoms. The van der Waals surface area contributed by atoms with Crippen molar-refractivity contribution in [1.29, 1.82) is 0 Å². The Morgan fingerprint density at radius 2 is 1.78 bits per heavy atom. The minimum atomic E-state index is -4.55. The maximum Gasteiger partial charge on any atom is 0.417 e. The largest absolute Gasteiger partial charge is 0.417 e. The minimum Gasteiger partial charge on any atom is -0.381 e. The summed E-state index contributed by atoms with van der Waals surface area (Å²) in [5.41, 5.74) is -0.644. The van der Waals surface area contributed by atoms with E-state index in [1.165, 1.54) is 0 Å². The summed E-state index contributed by atoms with van der Waals surface area (Å²) in [5.74, 6) is 0.540. The third-order valence-corrected chi connectivity index (χ3v) is 6.51. The average molecular weight is 390 g/mol. The van der Waals surface area contributed by atoms with Crippen molar-refractivity contribution in [2.24, 2.45) is 5.92 Å². The molecule has 6 heteroatoms. The molecule has 2 fully saturated rings. The standard InChI is InChI=1S/C17H19BrF3NO/c18-11-3-4-13-12(9-11)15(14(22-13)10-1-2-10)5-7-16(23,8-6-15)17(19,20)21/h3-4,9-10,14,22-23H,1-2,5-8H2. The van der Waals surface area contributed by atoms with Crippen LogP contribution in [0.15, 0.2) is 22.7 Å². The van der Waals surface area contributed by atoms with Gasteiger partial charge in [-0.3, -0.25) is 0 Å². The van der Waals surface area contributed by atoms with Crippen LogP contribution in [0, 0.1) is 5.92 Å². The van der Waals surface area contributed by atoms with Crippen LogP contribution in [0.4, 0.5) is 18.9 Å². The number of fused-ring (bicyclic) bond motifs is 2. The molecule has 4 rings (SSSR count). The lowest BCUT2D eigenvalue weighted by molar-refractivity contribution is -0.273. The van der Waals surface area contributed by atoms with Crippen LogP contribution in [0.1, 0.15) is 44.1 Å². The Labute approximate surface area is 141 Å². The summed E-state index contributed by atoms with van der Waals surface area (Å²) in [4.78, 5) is 0. The van der Waals surface area contributed by atoms with Crippen LogP contribution in [-0.2, 0) is 5.41 Å². The van der Waals surface area contributed by atoms with Gasteiger partial charge in [-0.05, 0) is 68.2 Å². The first-order valence-corrected chi connectivity index (χ1v) is 8.90. The van der Waals surface area contributed by atoms with E-state index in [9.17, 15) is 18.3 Å². The molecule has 1 spiro atoms. The first-order chi connectivity index (χ1) is 10.8. The second-order valence-electron chi connectivity index (χ2n) is 7.33. The molecule has 2 saturated carbocycles. The molecular formula is C17H19BrF3NO. The van der Waals surface area contributed by atoms with Crippen LogP contribution in [0.2, 0.25) is 0 Å². The number of hydrogen-bond acceptors (Lipinski definition) is 2. The fraction of sp³-hybridized carbons (Fsp3) is 0.647. The molecule has 0 aromatic heterocycles. The van der Waals surface area contributed by atoms with Crippen LogP contribution in [0.3, 0.4) is 0 Å². The van der Waals surface area contributed by atoms with Crippen molar-refractivity contribution < 1.29 is 18.3 Å². The summed E-state index contributed by atoms with van der Waals surface area (Å²) < 4.78 is 40.4. The lowest BCUT2D eigenvalue weighted by Gasteiger charge is -2.46. The highest BCUT2D eigenvalue weighted by atomic mass is 79.9. The number of alkyl halides is 3. The molecule has 126 valence electrons. The van der Waals surface area contributed by atoms with Crippen molar-refractivity contribution in [2.75, 3.05) is 5.32 Å². The molecule has 0 bridgehead atoms. The van der Waals surface area contributed by atoms with Crippen LogP contribution in [-0.4, -0.2) is 22.9 Å². The number of halogens is 4. The Bertz CT molecular complexity index is 633. The maximum atomic E-state index is 13.2. The van der Waals surface area contributed by atoms with Crippen molar-refractivity contribution in [1.82, 2.24) is 0 Å². The predicted molar refractivity (Wildman–Crippen MR) is 85.4 cm³/mol. The number of nitrogens with one attached hydrogen (secondary N) is 1. The highest BCUT2D eigenvalue weighted by Crippen LogP contribution is 2.59. The van der Waals surface area contributed by atoms with Gasteiger partial charge in [0, 0.05) is 21.6 Å². The van der Waals surface area contributed by atoms with E-state index in [4.69, 9.17) is 0 Å². The molecule has 1 aliphatic heterocycles. The van der Waals surface area contributed by atoms with Crippen LogP contribution < -0.4 is 5.32 Å². The topological polar surface area (TPSA) is 32.3 Å². The third-order valence-electron chi connectivity index (χ3n) is 6.01.